The van der Waals surface area contributed by atoms with Crippen molar-refractivity contribution >= 4 is 11.5 Å². The minimum atomic E-state index is -0.373. The molecular formula is C19H22N4O2. The van der Waals surface area contributed by atoms with Gasteiger partial charge in [0.05, 0.1) is 4.92 Å². The maximum absolute atomic E-state index is 10.9. The molecule has 0 aliphatic carbocycles. The first-order valence-corrected chi connectivity index (χ1v) is 8.83. The lowest BCUT2D eigenvalue weighted by atomic mass is 9.79. The van der Waals surface area contributed by atoms with Gasteiger partial charge in [-0.3, -0.25) is 15.0 Å². The molecular weight excluding hydrogens is 316 g/mol. The summed E-state index contributed by atoms with van der Waals surface area (Å²) in [6.07, 6.45) is 4.30. The van der Waals surface area contributed by atoms with E-state index in [-0.39, 0.29) is 10.6 Å². The standard InChI is InChI=1S/C19H22N4O2/c1-13-19(14-7-9-22(13)10-8-14)21-18-6-5-16(12-20-18)15-3-2-4-17(11-15)23(24)25/h2-6,11-14,19H,7-10H2,1H3,(H,20,21)/t13-,19-/m1/s1. The number of nitro benzene ring substituents is 1. The Morgan fingerprint density at radius 1 is 1.20 bits per heavy atom. The number of anilines is 1. The average molecular weight is 338 g/mol. The molecule has 1 N–H and O–H groups in total. The Balaban J connectivity index is 1.51. The van der Waals surface area contributed by atoms with Gasteiger partial charge in [-0.25, -0.2) is 4.98 Å². The number of non-ortho nitro benzene ring substituents is 1. The Labute approximate surface area is 147 Å². The number of nitrogens with zero attached hydrogens (tertiary/aromatic N) is 3. The van der Waals surface area contributed by atoms with E-state index in [1.165, 1.54) is 32.0 Å². The van der Waals surface area contributed by atoms with E-state index in [9.17, 15) is 10.1 Å². The molecule has 1 aromatic carbocycles. The number of hydrogen-bond acceptors (Lipinski definition) is 5. The molecule has 25 heavy (non-hydrogen) atoms. The Morgan fingerprint density at radius 3 is 2.64 bits per heavy atom. The third-order valence-electron chi connectivity index (χ3n) is 5.65. The van der Waals surface area contributed by atoms with E-state index in [2.05, 4.69) is 22.1 Å². The molecule has 2 bridgehead atoms. The number of pyridine rings is 1. The van der Waals surface area contributed by atoms with Crippen molar-refractivity contribution in [3.05, 3.63) is 52.7 Å². The molecule has 5 rings (SSSR count). The summed E-state index contributed by atoms with van der Waals surface area (Å²) in [5.74, 6) is 1.60. The first-order chi connectivity index (χ1) is 12.1. The average Bonchev–Trinajstić information content (AvgIpc) is 2.66. The van der Waals surface area contributed by atoms with Crippen LogP contribution >= 0.6 is 0 Å². The van der Waals surface area contributed by atoms with Crippen molar-refractivity contribution in [3.63, 3.8) is 0 Å². The minimum Gasteiger partial charge on any atom is -0.365 e. The number of fused-ring (bicyclic) bond motifs is 3. The second-order valence-corrected chi connectivity index (χ2v) is 7.02. The van der Waals surface area contributed by atoms with Crippen LogP contribution in [0.4, 0.5) is 11.5 Å². The summed E-state index contributed by atoms with van der Waals surface area (Å²) in [5, 5.41) is 14.5. The third-order valence-corrected chi connectivity index (χ3v) is 5.65. The zero-order valence-electron chi connectivity index (χ0n) is 14.3. The van der Waals surface area contributed by atoms with Crippen LogP contribution in [0.15, 0.2) is 42.6 Å². The van der Waals surface area contributed by atoms with Crippen molar-refractivity contribution < 1.29 is 4.92 Å². The molecule has 0 amide bonds. The van der Waals surface area contributed by atoms with Crippen molar-refractivity contribution in [1.82, 2.24) is 9.88 Å². The number of nitrogens with one attached hydrogen (secondary N) is 1. The van der Waals surface area contributed by atoms with Gasteiger partial charge in [0.1, 0.15) is 5.82 Å². The molecule has 2 atom stereocenters. The molecule has 4 heterocycles. The zero-order chi connectivity index (χ0) is 17.4. The Hall–Kier alpha value is -2.47. The summed E-state index contributed by atoms with van der Waals surface area (Å²) in [6.45, 7) is 4.72. The van der Waals surface area contributed by atoms with Crippen LogP contribution in [0.3, 0.4) is 0 Å². The van der Waals surface area contributed by atoms with Gasteiger partial charge in [0, 0.05) is 36.0 Å². The topological polar surface area (TPSA) is 71.3 Å². The highest BCUT2D eigenvalue weighted by molar-refractivity contribution is 5.66. The van der Waals surface area contributed by atoms with Gasteiger partial charge in [0.15, 0.2) is 0 Å². The van der Waals surface area contributed by atoms with E-state index in [1.807, 2.05) is 18.2 Å². The number of hydrogen-bond donors (Lipinski definition) is 1. The van der Waals surface area contributed by atoms with Gasteiger partial charge in [-0.15, -0.1) is 0 Å². The summed E-state index contributed by atoms with van der Waals surface area (Å²) in [7, 11) is 0. The Kier molecular flexibility index (Phi) is 4.13. The quantitative estimate of drug-likeness (QED) is 0.682. The largest absolute Gasteiger partial charge is 0.365 e. The molecule has 130 valence electrons. The SMILES string of the molecule is C[C@@H]1[C@@H](Nc2ccc(-c3cccc([N+](=O)[O-])c3)cn2)C2CCN1CC2. The van der Waals surface area contributed by atoms with Crippen molar-refractivity contribution in [3.8, 4) is 11.1 Å². The van der Waals surface area contributed by atoms with Crippen molar-refractivity contribution in [1.29, 1.82) is 0 Å². The van der Waals surface area contributed by atoms with Crippen molar-refractivity contribution in [2.75, 3.05) is 18.4 Å². The lowest BCUT2D eigenvalue weighted by Gasteiger charge is -2.50. The normalized spacial score (nSPS) is 27.9. The third kappa shape index (κ3) is 3.09. The lowest BCUT2D eigenvalue weighted by Crippen LogP contribution is -2.59. The first kappa shape index (κ1) is 16.0. The van der Waals surface area contributed by atoms with Crippen LogP contribution in [0.5, 0.6) is 0 Å². The van der Waals surface area contributed by atoms with Gasteiger partial charge in [0.2, 0.25) is 0 Å². The van der Waals surface area contributed by atoms with Crippen LogP contribution in [-0.2, 0) is 0 Å². The maximum atomic E-state index is 10.9. The fraction of sp³-hybridized carbons (Fsp3) is 0.421. The minimum absolute atomic E-state index is 0.0980. The van der Waals surface area contributed by atoms with E-state index in [1.54, 1.807) is 18.3 Å². The lowest BCUT2D eigenvalue weighted by molar-refractivity contribution is -0.384. The van der Waals surface area contributed by atoms with Crippen LogP contribution in [0.1, 0.15) is 19.8 Å². The van der Waals surface area contributed by atoms with E-state index >= 15 is 0 Å². The summed E-state index contributed by atoms with van der Waals surface area (Å²) < 4.78 is 0. The highest BCUT2D eigenvalue weighted by atomic mass is 16.6. The van der Waals surface area contributed by atoms with Gasteiger partial charge in [-0.05, 0) is 56.5 Å². The molecule has 0 saturated carbocycles. The molecule has 1 aromatic heterocycles. The molecule has 0 radical (unpaired) electrons. The van der Waals surface area contributed by atoms with Crippen LogP contribution < -0.4 is 5.32 Å². The summed E-state index contributed by atoms with van der Waals surface area (Å²) >= 11 is 0. The van der Waals surface area contributed by atoms with E-state index in [0.717, 1.165) is 22.9 Å². The number of aromatic nitrogens is 1. The van der Waals surface area contributed by atoms with Crippen LogP contribution in [0.25, 0.3) is 11.1 Å². The van der Waals surface area contributed by atoms with Gasteiger partial charge < -0.3 is 5.32 Å². The number of nitro groups is 1. The summed E-state index contributed by atoms with van der Waals surface area (Å²) in [4.78, 5) is 17.6. The van der Waals surface area contributed by atoms with E-state index in [0.29, 0.717) is 12.1 Å². The van der Waals surface area contributed by atoms with Crippen molar-refractivity contribution in [2.24, 2.45) is 5.92 Å². The second kappa shape index (κ2) is 6.44. The molecule has 0 spiro atoms. The molecule has 6 nitrogen and oxygen atoms in total. The predicted octanol–water partition coefficient (Wildman–Crippen LogP) is 3.55. The van der Waals surface area contributed by atoms with Crippen LogP contribution in [0, 0.1) is 16.0 Å². The zero-order valence-corrected chi connectivity index (χ0v) is 14.3. The van der Waals surface area contributed by atoms with Gasteiger partial charge in [-0.2, -0.15) is 0 Å². The number of benzene rings is 1. The number of piperidine rings is 3. The molecule has 3 fully saturated rings. The number of rotatable bonds is 4. The molecule has 2 aromatic rings. The van der Waals surface area contributed by atoms with Crippen molar-refractivity contribution in [2.45, 2.75) is 31.8 Å². The summed E-state index contributed by atoms with van der Waals surface area (Å²) in [5.41, 5.74) is 1.79. The fourth-order valence-electron chi connectivity index (χ4n) is 4.17. The monoisotopic (exact) mass is 338 g/mol. The molecule has 3 aliphatic heterocycles. The van der Waals surface area contributed by atoms with Gasteiger partial charge in [0.25, 0.3) is 5.69 Å². The van der Waals surface area contributed by atoms with Crippen LogP contribution in [0.2, 0.25) is 0 Å². The second-order valence-electron chi connectivity index (χ2n) is 7.02. The molecule has 3 saturated heterocycles. The molecule has 3 aliphatic rings. The van der Waals surface area contributed by atoms with E-state index in [4.69, 9.17) is 0 Å². The Morgan fingerprint density at radius 2 is 2.00 bits per heavy atom. The van der Waals surface area contributed by atoms with Crippen LogP contribution in [-0.4, -0.2) is 40.0 Å². The molecule has 6 heteroatoms. The molecule has 0 unspecified atom stereocenters. The smallest absolute Gasteiger partial charge is 0.270 e. The predicted molar refractivity (Wildman–Crippen MR) is 97.5 cm³/mol. The Bertz CT molecular complexity index is 767. The summed E-state index contributed by atoms with van der Waals surface area (Å²) in [6, 6.07) is 11.6. The van der Waals surface area contributed by atoms with E-state index < -0.39 is 0 Å². The highest BCUT2D eigenvalue weighted by Gasteiger charge is 2.39. The highest BCUT2D eigenvalue weighted by Crippen LogP contribution is 2.34. The maximum Gasteiger partial charge on any atom is 0.270 e. The first-order valence-electron chi connectivity index (χ1n) is 8.83. The van der Waals surface area contributed by atoms with Gasteiger partial charge >= 0.3 is 0 Å². The fourth-order valence-corrected chi connectivity index (χ4v) is 4.17. The van der Waals surface area contributed by atoms with Gasteiger partial charge in [-0.1, -0.05) is 12.1 Å².